The first kappa shape index (κ1) is 10.8. The zero-order chi connectivity index (χ0) is 11.4. The monoisotopic (exact) mass is 219 g/mol. The van der Waals surface area contributed by atoms with E-state index in [2.05, 4.69) is 15.3 Å². The maximum Gasteiger partial charge on any atom is 0.123 e. The van der Waals surface area contributed by atoms with E-state index in [0.29, 0.717) is 6.42 Å². The van der Waals surface area contributed by atoms with E-state index in [-0.39, 0.29) is 5.82 Å². The third kappa shape index (κ3) is 2.67. The van der Waals surface area contributed by atoms with Gasteiger partial charge in [0.1, 0.15) is 11.6 Å². The highest BCUT2D eigenvalue weighted by atomic mass is 19.1. The van der Waals surface area contributed by atoms with E-state index < -0.39 is 0 Å². The molecular weight excluding hydrogens is 205 g/mol. The molecule has 1 aromatic heterocycles. The number of H-pyrrole nitrogens is 1. The third-order valence-electron chi connectivity index (χ3n) is 2.33. The molecule has 3 nitrogen and oxygen atoms in total. The van der Waals surface area contributed by atoms with Crippen LogP contribution in [0.5, 0.6) is 0 Å². The van der Waals surface area contributed by atoms with Crippen molar-refractivity contribution in [3.05, 3.63) is 53.4 Å². The van der Waals surface area contributed by atoms with Gasteiger partial charge >= 0.3 is 0 Å². The molecule has 0 spiro atoms. The predicted molar refractivity (Wildman–Crippen MR) is 60.6 cm³/mol. The molecule has 2 rings (SSSR count). The fraction of sp³-hybridized carbons (Fsp3) is 0.250. The quantitative estimate of drug-likeness (QED) is 0.824. The van der Waals surface area contributed by atoms with Crippen LogP contribution in [0.25, 0.3) is 0 Å². The summed E-state index contributed by atoms with van der Waals surface area (Å²) in [5, 5.41) is 3.05. The summed E-state index contributed by atoms with van der Waals surface area (Å²) < 4.78 is 12.7. The van der Waals surface area contributed by atoms with E-state index in [9.17, 15) is 4.39 Å². The van der Waals surface area contributed by atoms with Crippen molar-refractivity contribution in [3.8, 4) is 0 Å². The van der Waals surface area contributed by atoms with Crippen molar-refractivity contribution in [3.63, 3.8) is 0 Å². The molecule has 0 unspecified atom stereocenters. The molecule has 0 amide bonds. The Morgan fingerprint density at radius 1 is 1.31 bits per heavy atom. The zero-order valence-electron chi connectivity index (χ0n) is 9.13. The van der Waals surface area contributed by atoms with Gasteiger partial charge in [-0.1, -0.05) is 12.1 Å². The molecular formula is C12H14FN3. The summed E-state index contributed by atoms with van der Waals surface area (Å²) in [6.07, 6.45) is 2.51. The van der Waals surface area contributed by atoms with E-state index in [1.807, 2.05) is 13.2 Å². The molecule has 2 aromatic rings. The molecule has 1 aromatic carbocycles. The van der Waals surface area contributed by atoms with Crippen molar-refractivity contribution in [1.82, 2.24) is 15.3 Å². The fourth-order valence-electron chi connectivity index (χ4n) is 1.57. The lowest BCUT2D eigenvalue weighted by Gasteiger charge is -1.98. The molecule has 0 saturated carbocycles. The average Bonchev–Trinajstić information content (AvgIpc) is 2.70. The summed E-state index contributed by atoms with van der Waals surface area (Å²) in [6, 6.07) is 6.48. The minimum atomic E-state index is -0.209. The number of hydrogen-bond acceptors (Lipinski definition) is 2. The van der Waals surface area contributed by atoms with Crippen LogP contribution in [0.1, 0.15) is 17.1 Å². The summed E-state index contributed by atoms with van der Waals surface area (Å²) in [7, 11) is 1.89. The first-order chi connectivity index (χ1) is 7.78. The van der Waals surface area contributed by atoms with Crippen molar-refractivity contribution in [2.45, 2.75) is 13.0 Å². The standard InChI is InChI=1S/C12H14FN3/c1-14-7-11-8-15-12(16-11)6-9-2-4-10(13)5-3-9/h2-5,8,14H,6-7H2,1H3,(H,15,16). The Kier molecular flexibility index (Phi) is 3.31. The summed E-state index contributed by atoms with van der Waals surface area (Å²) in [5.74, 6) is 0.691. The molecule has 0 aliphatic heterocycles. The van der Waals surface area contributed by atoms with Crippen LogP contribution in [-0.4, -0.2) is 17.0 Å². The molecule has 0 bridgehead atoms. The number of aromatic nitrogens is 2. The molecule has 0 saturated heterocycles. The Balaban J connectivity index is 2.05. The molecule has 0 atom stereocenters. The first-order valence-corrected chi connectivity index (χ1v) is 5.20. The van der Waals surface area contributed by atoms with E-state index in [0.717, 1.165) is 23.6 Å². The number of nitrogens with one attached hydrogen (secondary N) is 2. The SMILES string of the molecule is CNCc1cnc(Cc2ccc(F)cc2)[nH]1. The van der Waals surface area contributed by atoms with Crippen molar-refractivity contribution in [1.29, 1.82) is 0 Å². The molecule has 2 N–H and O–H groups in total. The van der Waals surface area contributed by atoms with E-state index >= 15 is 0 Å². The molecule has 1 heterocycles. The number of benzene rings is 1. The van der Waals surface area contributed by atoms with Crippen molar-refractivity contribution < 1.29 is 4.39 Å². The highest BCUT2D eigenvalue weighted by Crippen LogP contribution is 2.08. The van der Waals surface area contributed by atoms with Gasteiger partial charge in [-0.3, -0.25) is 0 Å². The van der Waals surface area contributed by atoms with Gasteiger partial charge in [0.05, 0.1) is 0 Å². The highest BCUT2D eigenvalue weighted by Gasteiger charge is 2.01. The minimum absolute atomic E-state index is 0.209. The van der Waals surface area contributed by atoms with Crippen LogP contribution < -0.4 is 5.32 Å². The van der Waals surface area contributed by atoms with Gasteiger partial charge in [-0.2, -0.15) is 0 Å². The Hall–Kier alpha value is -1.68. The number of aromatic amines is 1. The molecule has 0 aliphatic rings. The van der Waals surface area contributed by atoms with Gasteiger partial charge < -0.3 is 10.3 Å². The third-order valence-corrected chi connectivity index (χ3v) is 2.33. The smallest absolute Gasteiger partial charge is 0.123 e. The molecule has 84 valence electrons. The number of imidazole rings is 1. The van der Waals surface area contributed by atoms with Crippen LogP contribution in [0.3, 0.4) is 0 Å². The predicted octanol–water partition coefficient (Wildman–Crippen LogP) is 1.86. The van der Waals surface area contributed by atoms with Crippen molar-refractivity contribution in [2.24, 2.45) is 0 Å². The second-order valence-electron chi connectivity index (χ2n) is 3.69. The van der Waals surface area contributed by atoms with Gasteiger partial charge in [0, 0.05) is 24.9 Å². The Morgan fingerprint density at radius 2 is 2.06 bits per heavy atom. The lowest BCUT2D eigenvalue weighted by molar-refractivity contribution is 0.627. The first-order valence-electron chi connectivity index (χ1n) is 5.20. The van der Waals surface area contributed by atoms with E-state index in [1.54, 1.807) is 12.1 Å². The van der Waals surface area contributed by atoms with Gasteiger partial charge in [-0.05, 0) is 24.7 Å². The Bertz CT molecular complexity index is 448. The lowest BCUT2D eigenvalue weighted by Crippen LogP contribution is -2.05. The van der Waals surface area contributed by atoms with Crippen LogP contribution in [0, 0.1) is 5.82 Å². The summed E-state index contributed by atoms with van der Waals surface area (Å²) in [4.78, 5) is 7.47. The number of nitrogens with zero attached hydrogens (tertiary/aromatic N) is 1. The maximum absolute atomic E-state index is 12.7. The summed E-state index contributed by atoms with van der Waals surface area (Å²) in [5.41, 5.74) is 2.10. The fourth-order valence-corrected chi connectivity index (χ4v) is 1.57. The summed E-state index contributed by atoms with van der Waals surface area (Å²) in [6.45, 7) is 0.774. The van der Waals surface area contributed by atoms with Crippen LogP contribution in [0.2, 0.25) is 0 Å². The Labute approximate surface area is 93.7 Å². The average molecular weight is 219 g/mol. The highest BCUT2D eigenvalue weighted by molar-refractivity contribution is 5.20. The second kappa shape index (κ2) is 4.90. The topological polar surface area (TPSA) is 40.7 Å². The van der Waals surface area contributed by atoms with Gasteiger partial charge in [0.2, 0.25) is 0 Å². The minimum Gasteiger partial charge on any atom is -0.345 e. The summed E-state index contributed by atoms with van der Waals surface area (Å²) >= 11 is 0. The molecule has 0 fully saturated rings. The number of hydrogen-bond donors (Lipinski definition) is 2. The van der Waals surface area contributed by atoms with Gasteiger partial charge in [-0.25, -0.2) is 9.37 Å². The lowest BCUT2D eigenvalue weighted by atomic mass is 10.1. The van der Waals surface area contributed by atoms with Crippen LogP contribution in [0.15, 0.2) is 30.5 Å². The number of halogens is 1. The Morgan fingerprint density at radius 3 is 2.75 bits per heavy atom. The molecule has 0 aliphatic carbocycles. The second-order valence-corrected chi connectivity index (χ2v) is 3.69. The molecule has 0 radical (unpaired) electrons. The van der Waals surface area contributed by atoms with Crippen LogP contribution >= 0.6 is 0 Å². The molecule has 16 heavy (non-hydrogen) atoms. The molecule has 4 heteroatoms. The zero-order valence-corrected chi connectivity index (χ0v) is 9.13. The van der Waals surface area contributed by atoms with Crippen LogP contribution in [0.4, 0.5) is 4.39 Å². The maximum atomic E-state index is 12.7. The van der Waals surface area contributed by atoms with Crippen molar-refractivity contribution in [2.75, 3.05) is 7.05 Å². The van der Waals surface area contributed by atoms with Gasteiger partial charge in [0.25, 0.3) is 0 Å². The van der Waals surface area contributed by atoms with E-state index in [1.165, 1.54) is 12.1 Å². The largest absolute Gasteiger partial charge is 0.345 e. The van der Waals surface area contributed by atoms with Crippen LogP contribution in [-0.2, 0) is 13.0 Å². The van der Waals surface area contributed by atoms with Gasteiger partial charge in [0.15, 0.2) is 0 Å². The number of rotatable bonds is 4. The van der Waals surface area contributed by atoms with Gasteiger partial charge in [-0.15, -0.1) is 0 Å². The normalized spacial score (nSPS) is 10.6. The van der Waals surface area contributed by atoms with Crippen molar-refractivity contribution >= 4 is 0 Å². The van der Waals surface area contributed by atoms with E-state index in [4.69, 9.17) is 0 Å².